The smallest absolute Gasteiger partial charge is 0.124 e. The molecule has 0 aliphatic rings. The molecule has 3 N–H and O–H groups in total. The average molecular weight is 239 g/mol. The zero-order valence-electron chi connectivity index (χ0n) is 10.9. The first-order valence-electron chi connectivity index (χ1n) is 5.45. The van der Waals surface area contributed by atoms with Gasteiger partial charge in [-0.1, -0.05) is 0 Å². The van der Waals surface area contributed by atoms with Crippen LogP contribution in [0.3, 0.4) is 0 Å². The van der Waals surface area contributed by atoms with Gasteiger partial charge in [-0.25, -0.2) is 0 Å². The summed E-state index contributed by atoms with van der Waals surface area (Å²) in [4.78, 5) is 2.06. The summed E-state index contributed by atoms with van der Waals surface area (Å²) in [6.07, 6.45) is 0. The normalized spacial score (nSPS) is 12.6. The molecule has 0 saturated heterocycles. The molecule has 96 valence electrons. The molecular weight excluding hydrogens is 218 g/mol. The van der Waals surface area contributed by atoms with Crippen LogP contribution in [0.25, 0.3) is 0 Å². The Bertz CT molecular complexity index is 356. The fourth-order valence-electron chi connectivity index (χ4n) is 1.72. The molecule has 0 aliphatic heterocycles. The molecule has 0 bridgehead atoms. The molecule has 1 aromatic carbocycles. The summed E-state index contributed by atoms with van der Waals surface area (Å²) in [7, 11) is 7.28. The van der Waals surface area contributed by atoms with Crippen LogP contribution >= 0.6 is 0 Å². The van der Waals surface area contributed by atoms with Crippen LogP contribution in [-0.2, 0) is 0 Å². The predicted molar refractivity (Wildman–Crippen MR) is 68.2 cm³/mol. The quantitative estimate of drug-likeness (QED) is 0.567. The summed E-state index contributed by atoms with van der Waals surface area (Å²) in [6, 6.07) is 5.68. The van der Waals surface area contributed by atoms with Crippen molar-refractivity contribution in [3.8, 4) is 11.5 Å². The first kappa shape index (κ1) is 13.8. The number of ether oxygens (including phenoxy) is 2. The molecule has 0 saturated carbocycles. The van der Waals surface area contributed by atoms with Crippen LogP contribution in [0.4, 0.5) is 0 Å². The Morgan fingerprint density at radius 2 is 2.00 bits per heavy atom. The van der Waals surface area contributed by atoms with Crippen LogP contribution in [-0.4, -0.2) is 39.8 Å². The molecule has 1 atom stereocenters. The minimum absolute atomic E-state index is 0.00458. The van der Waals surface area contributed by atoms with E-state index in [2.05, 4.69) is 10.3 Å². The van der Waals surface area contributed by atoms with Crippen molar-refractivity contribution < 1.29 is 9.47 Å². The van der Waals surface area contributed by atoms with Crippen molar-refractivity contribution in [2.24, 2.45) is 5.84 Å². The molecule has 1 unspecified atom stereocenters. The Hall–Kier alpha value is -1.30. The molecule has 0 spiro atoms. The SMILES string of the molecule is COc1ccc(OC)c(C(CN(C)C)NN)c1. The van der Waals surface area contributed by atoms with Crippen molar-refractivity contribution in [2.75, 3.05) is 34.9 Å². The van der Waals surface area contributed by atoms with Crippen molar-refractivity contribution in [3.05, 3.63) is 23.8 Å². The summed E-state index contributed by atoms with van der Waals surface area (Å²) < 4.78 is 10.6. The molecule has 5 nitrogen and oxygen atoms in total. The maximum Gasteiger partial charge on any atom is 0.124 e. The van der Waals surface area contributed by atoms with Crippen molar-refractivity contribution >= 4 is 0 Å². The standard InChI is InChI=1S/C12H21N3O2/c1-15(2)8-11(14-13)10-7-9(16-3)5-6-12(10)17-4/h5-7,11,14H,8,13H2,1-4H3. The van der Waals surface area contributed by atoms with E-state index in [1.54, 1.807) is 14.2 Å². The van der Waals surface area contributed by atoms with E-state index in [4.69, 9.17) is 15.3 Å². The second kappa shape index (κ2) is 6.44. The third kappa shape index (κ3) is 3.59. The molecule has 0 fully saturated rings. The second-order valence-corrected chi connectivity index (χ2v) is 4.09. The highest BCUT2D eigenvalue weighted by atomic mass is 16.5. The molecule has 5 heteroatoms. The van der Waals surface area contributed by atoms with Crippen LogP contribution in [0, 0.1) is 0 Å². The fourth-order valence-corrected chi connectivity index (χ4v) is 1.72. The molecule has 0 amide bonds. The van der Waals surface area contributed by atoms with Crippen LogP contribution in [0.1, 0.15) is 11.6 Å². The van der Waals surface area contributed by atoms with E-state index < -0.39 is 0 Å². The lowest BCUT2D eigenvalue weighted by Gasteiger charge is -2.22. The Morgan fingerprint density at radius 3 is 2.47 bits per heavy atom. The van der Waals surface area contributed by atoms with Crippen LogP contribution in [0.2, 0.25) is 0 Å². The van der Waals surface area contributed by atoms with Crippen LogP contribution in [0.15, 0.2) is 18.2 Å². The molecule has 0 radical (unpaired) electrons. The number of hydrogen-bond donors (Lipinski definition) is 2. The topological polar surface area (TPSA) is 59.8 Å². The van der Waals surface area contributed by atoms with E-state index in [0.29, 0.717) is 0 Å². The van der Waals surface area contributed by atoms with Crippen LogP contribution in [0.5, 0.6) is 11.5 Å². The highest BCUT2D eigenvalue weighted by molar-refractivity contribution is 5.42. The number of likely N-dealkylation sites (N-methyl/N-ethyl adjacent to an activating group) is 1. The number of nitrogens with two attached hydrogens (primary N) is 1. The third-order valence-electron chi connectivity index (χ3n) is 2.56. The second-order valence-electron chi connectivity index (χ2n) is 4.09. The summed E-state index contributed by atoms with van der Waals surface area (Å²) in [5, 5.41) is 0. The number of nitrogens with one attached hydrogen (secondary N) is 1. The maximum atomic E-state index is 5.60. The van der Waals surface area contributed by atoms with E-state index in [1.165, 1.54) is 0 Å². The number of methoxy groups -OCH3 is 2. The number of benzene rings is 1. The predicted octanol–water partition coefficient (Wildman–Crippen LogP) is 0.770. The number of nitrogens with zero attached hydrogens (tertiary/aromatic N) is 1. The monoisotopic (exact) mass is 239 g/mol. The van der Waals surface area contributed by atoms with E-state index in [-0.39, 0.29) is 6.04 Å². The van der Waals surface area contributed by atoms with Gasteiger partial charge in [-0.05, 0) is 32.3 Å². The fraction of sp³-hybridized carbons (Fsp3) is 0.500. The van der Waals surface area contributed by atoms with E-state index in [9.17, 15) is 0 Å². The lowest BCUT2D eigenvalue weighted by molar-refractivity contribution is 0.331. The lowest BCUT2D eigenvalue weighted by atomic mass is 10.1. The summed E-state index contributed by atoms with van der Waals surface area (Å²) in [5.41, 5.74) is 3.79. The molecule has 1 rings (SSSR count). The highest BCUT2D eigenvalue weighted by Crippen LogP contribution is 2.29. The summed E-state index contributed by atoms with van der Waals surface area (Å²) in [6.45, 7) is 0.778. The van der Waals surface area contributed by atoms with Gasteiger partial charge in [0, 0.05) is 12.1 Å². The van der Waals surface area contributed by atoms with Gasteiger partial charge in [0.1, 0.15) is 11.5 Å². The van der Waals surface area contributed by atoms with E-state index in [0.717, 1.165) is 23.6 Å². The van der Waals surface area contributed by atoms with Gasteiger partial charge in [0.05, 0.1) is 20.3 Å². The number of hydrogen-bond acceptors (Lipinski definition) is 5. The van der Waals surface area contributed by atoms with E-state index in [1.807, 2.05) is 32.3 Å². The minimum atomic E-state index is -0.00458. The molecule has 17 heavy (non-hydrogen) atoms. The van der Waals surface area contributed by atoms with Gasteiger partial charge in [-0.3, -0.25) is 11.3 Å². The Morgan fingerprint density at radius 1 is 1.29 bits per heavy atom. The van der Waals surface area contributed by atoms with Crippen molar-refractivity contribution in [3.63, 3.8) is 0 Å². The van der Waals surface area contributed by atoms with Gasteiger partial charge in [0.25, 0.3) is 0 Å². The summed E-state index contributed by atoms with van der Waals surface area (Å²) in [5.74, 6) is 7.19. The van der Waals surface area contributed by atoms with Gasteiger partial charge in [-0.15, -0.1) is 0 Å². The Kier molecular flexibility index (Phi) is 5.21. The van der Waals surface area contributed by atoms with Crippen LogP contribution < -0.4 is 20.7 Å². The first-order valence-corrected chi connectivity index (χ1v) is 5.45. The van der Waals surface area contributed by atoms with Crippen molar-refractivity contribution in [1.82, 2.24) is 10.3 Å². The molecular formula is C12H21N3O2. The molecule has 1 aromatic rings. The van der Waals surface area contributed by atoms with Gasteiger partial charge < -0.3 is 14.4 Å². The minimum Gasteiger partial charge on any atom is -0.497 e. The van der Waals surface area contributed by atoms with Gasteiger partial charge >= 0.3 is 0 Å². The average Bonchev–Trinajstić information content (AvgIpc) is 2.34. The van der Waals surface area contributed by atoms with Crippen molar-refractivity contribution in [2.45, 2.75) is 6.04 Å². The van der Waals surface area contributed by atoms with Gasteiger partial charge in [-0.2, -0.15) is 0 Å². The maximum absolute atomic E-state index is 5.60. The van der Waals surface area contributed by atoms with Gasteiger partial charge in [0.15, 0.2) is 0 Å². The molecule has 0 aliphatic carbocycles. The number of rotatable bonds is 6. The first-order chi connectivity index (χ1) is 8.12. The van der Waals surface area contributed by atoms with Crippen molar-refractivity contribution in [1.29, 1.82) is 0 Å². The Labute approximate surface area is 102 Å². The largest absolute Gasteiger partial charge is 0.497 e. The molecule has 0 heterocycles. The molecule has 0 aromatic heterocycles. The third-order valence-corrected chi connectivity index (χ3v) is 2.56. The Balaban J connectivity index is 3.05. The zero-order valence-corrected chi connectivity index (χ0v) is 10.9. The lowest BCUT2D eigenvalue weighted by Crippen LogP contribution is -2.35. The number of hydrazine groups is 1. The highest BCUT2D eigenvalue weighted by Gasteiger charge is 2.16. The van der Waals surface area contributed by atoms with E-state index >= 15 is 0 Å². The zero-order chi connectivity index (χ0) is 12.8. The summed E-state index contributed by atoms with van der Waals surface area (Å²) >= 11 is 0. The van der Waals surface area contributed by atoms with Gasteiger partial charge in [0.2, 0.25) is 0 Å².